The van der Waals surface area contributed by atoms with Crippen molar-refractivity contribution in [2.75, 3.05) is 14.1 Å². The molecule has 2 aromatic carbocycles. The molecule has 0 spiro atoms. The normalized spacial score (nSPS) is 14.3. The van der Waals surface area contributed by atoms with Gasteiger partial charge in [-0.05, 0) is 62.5 Å². The highest BCUT2D eigenvalue weighted by Gasteiger charge is 2.15. The fourth-order valence-corrected chi connectivity index (χ4v) is 3.67. The highest BCUT2D eigenvalue weighted by Crippen LogP contribution is 2.32. The van der Waals surface area contributed by atoms with Gasteiger partial charge in [-0.1, -0.05) is 48.0 Å². The molecular weight excluding hydrogens is 316 g/mol. The van der Waals surface area contributed by atoms with Gasteiger partial charge < -0.3 is 4.90 Å². The van der Waals surface area contributed by atoms with Gasteiger partial charge in [0.2, 0.25) is 0 Å². The molecule has 2 heteroatoms. The molecule has 3 rings (SSSR count). The van der Waals surface area contributed by atoms with Crippen molar-refractivity contribution in [3.8, 4) is 0 Å². The second-order valence-corrected chi connectivity index (χ2v) is 7.39. The summed E-state index contributed by atoms with van der Waals surface area (Å²) in [6, 6.07) is 13.0. The van der Waals surface area contributed by atoms with Gasteiger partial charge in [-0.2, -0.15) is 0 Å². The van der Waals surface area contributed by atoms with E-state index in [-0.39, 0.29) is 0 Å². The average molecular weight is 345 g/mol. The average Bonchev–Trinajstić information content (AvgIpc) is 3.08. The Balaban J connectivity index is 2.03. The van der Waals surface area contributed by atoms with Crippen LogP contribution >= 0.6 is 0 Å². The van der Waals surface area contributed by atoms with Crippen molar-refractivity contribution in [2.24, 2.45) is 4.99 Å². The number of allylic oxidation sites excluding steroid dienone is 3. The Kier molecular flexibility index (Phi) is 5.13. The number of nitrogens with zero attached hydrogens (tertiary/aromatic N) is 2. The molecule has 0 fully saturated rings. The molecule has 0 heterocycles. The van der Waals surface area contributed by atoms with Crippen molar-refractivity contribution in [3.63, 3.8) is 0 Å². The number of benzene rings is 2. The minimum Gasteiger partial charge on any atom is -0.378 e. The predicted molar refractivity (Wildman–Crippen MR) is 113 cm³/mol. The molecule has 134 valence electrons. The topological polar surface area (TPSA) is 15.6 Å². The van der Waals surface area contributed by atoms with Crippen molar-refractivity contribution >= 4 is 17.0 Å². The number of aryl methyl sites for hydroxylation is 3. The second kappa shape index (κ2) is 7.33. The number of rotatable bonds is 4. The number of hydrogen-bond acceptors (Lipinski definition) is 2. The zero-order valence-corrected chi connectivity index (χ0v) is 16.7. The lowest BCUT2D eigenvalue weighted by Gasteiger charge is -2.13. The maximum absolute atomic E-state index is 5.02. The van der Waals surface area contributed by atoms with E-state index in [9.17, 15) is 0 Å². The minimum atomic E-state index is 0.973. The van der Waals surface area contributed by atoms with Crippen molar-refractivity contribution in [2.45, 2.75) is 34.1 Å². The van der Waals surface area contributed by atoms with Crippen molar-refractivity contribution in [1.82, 2.24) is 4.90 Å². The van der Waals surface area contributed by atoms with Crippen LogP contribution in [0.15, 0.2) is 59.2 Å². The van der Waals surface area contributed by atoms with Crippen LogP contribution in [0.25, 0.3) is 5.57 Å². The molecule has 2 aromatic rings. The van der Waals surface area contributed by atoms with Crippen LogP contribution < -0.4 is 0 Å². The largest absolute Gasteiger partial charge is 0.378 e. The van der Waals surface area contributed by atoms with Gasteiger partial charge in [0.25, 0.3) is 0 Å². The fourth-order valence-electron chi connectivity index (χ4n) is 3.67. The Labute approximate surface area is 157 Å². The summed E-state index contributed by atoms with van der Waals surface area (Å²) >= 11 is 0. The van der Waals surface area contributed by atoms with Gasteiger partial charge in [0.15, 0.2) is 0 Å². The molecule has 2 nitrogen and oxygen atoms in total. The maximum Gasteiger partial charge on any atom is 0.0691 e. The molecule has 0 radical (unpaired) electrons. The van der Waals surface area contributed by atoms with Crippen LogP contribution in [0.5, 0.6) is 0 Å². The van der Waals surface area contributed by atoms with Crippen LogP contribution in [0.2, 0.25) is 0 Å². The van der Waals surface area contributed by atoms with Gasteiger partial charge in [0, 0.05) is 31.1 Å². The van der Waals surface area contributed by atoms with Gasteiger partial charge in [-0.15, -0.1) is 0 Å². The third-order valence-electron chi connectivity index (χ3n) is 4.95. The van der Waals surface area contributed by atoms with E-state index in [1.54, 1.807) is 0 Å². The quantitative estimate of drug-likeness (QED) is 0.622. The maximum atomic E-state index is 5.02. The molecule has 0 unspecified atom stereocenters. The summed E-state index contributed by atoms with van der Waals surface area (Å²) in [7, 11) is 4.18. The van der Waals surface area contributed by atoms with Crippen LogP contribution in [-0.4, -0.2) is 24.7 Å². The Morgan fingerprint density at radius 2 is 1.65 bits per heavy atom. The zero-order chi connectivity index (χ0) is 18.8. The van der Waals surface area contributed by atoms with Crippen LogP contribution in [0.3, 0.4) is 0 Å². The van der Waals surface area contributed by atoms with Gasteiger partial charge >= 0.3 is 0 Å². The van der Waals surface area contributed by atoms with Crippen LogP contribution in [0, 0.1) is 20.8 Å². The summed E-state index contributed by atoms with van der Waals surface area (Å²) in [5.74, 6) is 0. The number of aliphatic imine (C=N–C) groups is 1. The first kappa shape index (κ1) is 18.2. The number of hydrogen-bond donors (Lipinski definition) is 0. The molecule has 0 saturated carbocycles. The Morgan fingerprint density at radius 1 is 1.00 bits per heavy atom. The monoisotopic (exact) mass is 344 g/mol. The SMILES string of the molecule is C/C(=N\c1c(C)cc(C)cc1C)c1ccccc1C1=CC(N(C)C)=CC1. The van der Waals surface area contributed by atoms with E-state index in [1.165, 1.54) is 39.1 Å². The van der Waals surface area contributed by atoms with Crippen molar-refractivity contribution < 1.29 is 0 Å². The molecule has 0 N–H and O–H groups in total. The summed E-state index contributed by atoms with van der Waals surface area (Å²) in [6.45, 7) is 8.54. The summed E-state index contributed by atoms with van der Waals surface area (Å²) < 4.78 is 0. The summed E-state index contributed by atoms with van der Waals surface area (Å²) in [5.41, 5.74) is 11.0. The van der Waals surface area contributed by atoms with Crippen LogP contribution in [-0.2, 0) is 0 Å². The third-order valence-corrected chi connectivity index (χ3v) is 4.95. The molecule has 0 aromatic heterocycles. The molecular formula is C24H28N2. The lowest BCUT2D eigenvalue weighted by atomic mass is 9.96. The van der Waals surface area contributed by atoms with Crippen LogP contribution in [0.4, 0.5) is 5.69 Å². The molecule has 1 aliphatic carbocycles. The van der Waals surface area contributed by atoms with E-state index in [1.807, 2.05) is 0 Å². The van der Waals surface area contributed by atoms with E-state index in [2.05, 4.69) is 95.2 Å². The molecule has 0 bridgehead atoms. The first-order valence-corrected chi connectivity index (χ1v) is 9.18. The molecule has 1 aliphatic rings. The van der Waals surface area contributed by atoms with E-state index in [0.717, 1.165) is 17.8 Å². The standard InChI is InChI=1S/C24H28N2/c1-16-13-17(2)24(18(3)14-16)25-19(4)22-9-7-8-10-23(22)20-11-12-21(15-20)26(5)6/h7-10,12-15H,11H2,1-6H3/b25-19+. The van der Waals surface area contributed by atoms with Crippen molar-refractivity contribution in [3.05, 3.63) is 82.1 Å². The highest BCUT2D eigenvalue weighted by molar-refractivity contribution is 6.04. The second-order valence-electron chi connectivity index (χ2n) is 7.39. The van der Waals surface area contributed by atoms with E-state index in [0.29, 0.717) is 0 Å². The fraction of sp³-hybridized carbons (Fsp3) is 0.292. The van der Waals surface area contributed by atoms with Crippen molar-refractivity contribution in [1.29, 1.82) is 0 Å². The molecule has 0 saturated heterocycles. The smallest absolute Gasteiger partial charge is 0.0691 e. The minimum absolute atomic E-state index is 0.973. The van der Waals surface area contributed by atoms with Gasteiger partial charge in [0.05, 0.1) is 5.69 Å². The molecule has 26 heavy (non-hydrogen) atoms. The first-order chi connectivity index (χ1) is 12.4. The van der Waals surface area contributed by atoms with Crippen LogP contribution in [0.1, 0.15) is 41.2 Å². The lowest BCUT2D eigenvalue weighted by Crippen LogP contribution is -2.07. The first-order valence-electron chi connectivity index (χ1n) is 9.18. The Bertz CT molecular complexity index is 904. The van der Waals surface area contributed by atoms with Gasteiger partial charge in [-0.25, -0.2) is 0 Å². The number of likely N-dealkylation sites (N-methyl/N-ethyl adjacent to an activating group) is 1. The predicted octanol–water partition coefficient (Wildman–Crippen LogP) is 5.99. The van der Waals surface area contributed by atoms with E-state index >= 15 is 0 Å². The summed E-state index contributed by atoms with van der Waals surface area (Å²) in [4.78, 5) is 7.18. The third kappa shape index (κ3) is 3.65. The molecule has 0 amide bonds. The van der Waals surface area contributed by atoms with E-state index < -0.39 is 0 Å². The van der Waals surface area contributed by atoms with E-state index in [4.69, 9.17) is 4.99 Å². The Morgan fingerprint density at radius 3 is 2.27 bits per heavy atom. The lowest BCUT2D eigenvalue weighted by molar-refractivity contribution is 0.531. The Hall–Kier alpha value is -2.61. The highest BCUT2D eigenvalue weighted by atomic mass is 15.1. The van der Waals surface area contributed by atoms with Gasteiger partial charge in [-0.3, -0.25) is 4.99 Å². The van der Waals surface area contributed by atoms with Gasteiger partial charge in [0.1, 0.15) is 0 Å². The summed E-state index contributed by atoms with van der Waals surface area (Å²) in [6.07, 6.45) is 5.54. The molecule has 0 aliphatic heterocycles. The zero-order valence-electron chi connectivity index (χ0n) is 16.7. The summed E-state index contributed by atoms with van der Waals surface area (Å²) in [5, 5.41) is 0. The molecule has 0 atom stereocenters.